The van der Waals surface area contributed by atoms with E-state index in [9.17, 15) is 4.79 Å². The number of carbonyl (C=O) groups excluding carboxylic acids is 1. The number of aliphatic imine (C=N–C) groups is 2. The number of halogens is 2. The zero-order valence-electron chi connectivity index (χ0n) is 28.5. The first-order valence-electron chi connectivity index (χ1n) is 16.7. The number of nitrogens with zero attached hydrogens (tertiary/aromatic N) is 4. The minimum absolute atomic E-state index is 0.219. The molecular formula is C37H44Cl2N4O2Sn. The number of fused-ring (bicyclic) bond motifs is 2. The SMILES string of the molecule is CCOC(=O)CCC1=C2N=C(C=c3c(CC)c(C)c4[n]3[Sn]([Cl])([Cl])[n]3c(c(CC)c(C)c31)C=C1N=C(C=4)C(CC)=C1C)C(C)=C2CC. The van der Waals surface area contributed by atoms with Gasteiger partial charge in [0.15, 0.2) is 0 Å². The predicted octanol–water partition coefficient (Wildman–Crippen LogP) is 7.69. The molecular weight excluding hydrogens is 722 g/mol. The van der Waals surface area contributed by atoms with Crippen molar-refractivity contribution in [3.8, 4) is 0 Å². The molecule has 0 unspecified atom stereocenters. The first-order valence-corrected chi connectivity index (χ1v) is 26.5. The Balaban J connectivity index is 1.89. The second kappa shape index (κ2) is 12.5. The van der Waals surface area contributed by atoms with Gasteiger partial charge in [0.05, 0.1) is 0 Å². The van der Waals surface area contributed by atoms with E-state index in [0.717, 1.165) is 87.3 Å². The van der Waals surface area contributed by atoms with E-state index in [1.807, 2.05) is 6.92 Å². The summed E-state index contributed by atoms with van der Waals surface area (Å²) in [7, 11) is 16.2. The van der Waals surface area contributed by atoms with Gasteiger partial charge >= 0.3 is 286 Å². The van der Waals surface area contributed by atoms with Crippen LogP contribution in [0, 0.1) is 13.8 Å². The Bertz CT molecular complexity index is 2030. The Labute approximate surface area is 284 Å². The maximum atomic E-state index is 12.9. The van der Waals surface area contributed by atoms with Gasteiger partial charge in [0.25, 0.3) is 0 Å². The Morgan fingerprint density at radius 2 is 1.43 bits per heavy atom. The van der Waals surface area contributed by atoms with Gasteiger partial charge in [-0.2, -0.15) is 0 Å². The molecule has 4 aliphatic rings. The molecule has 2 aromatic rings. The van der Waals surface area contributed by atoms with E-state index in [1.54, 1.807) is 0 Å². The van der Waals surface area contributed by atoms with Gasteiger partial charge in [-0.25, -0.2) is 0 Å². The molecule has 0 fully saturated rings. The molecule has 6 nitrogen and oxygen atoms in total. The third-order valence-electron chi connectivity index (χ3n) is 10.2. The van der Waals surface area contributed by atoms with Gasteiger partial charge in [-0.1, -0.05) is 0 Å². The van der Waals surface area contributed by atoms with E-state index >= 15 is 0 Å². The fourth-order valence-corrected chi connectivity index (χ4v) is 19.2. The number of hydrogen-bond donors (Lipinski definition) is 0. The molecule has 0 radical (unpaired) electrons. The molecule has 4 aliphatic heterocycles. The molecule has 6 heterocycles. The molecule has 0 aromatic carbocycles. The van der Waals surface area contributed by atoms with E-state index in [4.69, 9.17) is 32.6 Å². The summed E-state index contributed by atoms with van der Waals surface area (Å²) in [6.07, 6.45) is 10.7. The van der Waals surface area contributed by atoms with Crippen LogP contribution in [0.4, 0.5) is 0 Å². The molecule has 0 spiro atoms. The molecule has 46 heavy (non-hydrogen) atoms. The van der Waals surface area contributed by atoms with E-state index < -0.39 is 16.7 Å². The maximum absolute atomic E-state index is 12.9. The summed E-state index contributed by atoms with van der Waals surface area (Å²) in [5, 5.41) is 2.07. The van der Waals surface area contributed by atoms with Gasteiger partial charge in [0.2, 0.25) is 0 Å². The zero-order chi connectivity index (χ0) is 33.2. The van der Waals surface area contributed by atoms with Gasteiger partial charge in [-0.15, -0.1) is 0 Å². The third-order valence-corrected chi connectivity index (χ3v) is 20.5. The van der Waals surface area contributed by atoms with E-state index in [0.29, 0.717) is 13.0 Å². The summed E-state index contributed by atoms with van der Waals surface area (Å²) in [4.78, 5) is 23.5. The number of rotatable bonds is 8. The first-order chi connectivity index (χ1) is 21.9. The normalized spacial score (nSPS) is 17.9. The average molecular weight is 766 g/mol. The topological polar surface area (TPSA) is 60.9 Å². The third kappa shape index (κ3) is 4.92. The molecule has 0 amide bonds. The summed E-state index contributed by atoms with van der Waals surface area (Å²) in [5.41, 5.74) is 16.4. The van der Waals surface area contributed by atoms with Gasteiger partial charge in [0, 0.05) is 0 Å². The first kappa shape index (κ1) is 33.4. The summed E-state index contributed by atoms with van der Waals surface area (Å²) in [6, 6.07) is 0. The molecule has 0 atom stereocenters. The van der Waals surface area contributed by atoms with E-state index in [2.05, 4.69) is 79.2 Å². The van der Waals surface area contributed by atoms with Crippen molar-refractivity contribution >= 4 is 75.7 Å². The van der Waals surface area contributed by atoms with Crippen LogP contribution in [0.25, 0.3) is 23.8 Å². The Kier molecular flexibility index (Phi) is 9.05. The second-order valence-corrected chi connectivity index (χ2v) is 26.3. The molecule has 9 heteroatoms. The van der Waals surface area contributed by atoms with Gasteiger partial charge in [-0.3, -0.25) is 0 Å². The van der Waals surface area contributed by atoms with Crippen LogP contribution in [-0.4, -0.2) is 46.2 Å². The molecule has 0 saturated carbocycles. The van der Waals surface area contributed by atoms with Crippen LogP contribution in [0.3, 0.4) is 0 Å². The van der Waals surface area contributed by atoms with Crippen molar-refractivity contribution < 1.29 is 9.53 Å². The zero-order valence-corrected chi connectivity index (χ0v) is 32.9. The molecule has 0 saturated heterocycles. The molecule has 6 bridgehead atoms. The van der Waals surface area contributed by atoms with Gasteiger partial charge in [0.1, 0.15) is 0 Å². The standard InChI is InChI=1S/C37H44N4O2.2ClH.Sn/c1-10-24-21(7)30-18-34-26(12-3)23(9)36(41-34)28(15-16-35(42)43-14-5)37-27(13-4)22(8)31(40-37)19-33-25(11-2)20(6)29(38-33)17-32(24)39-30;;;/h17-19H,10-16H2,1-9H3;2*1H;/q-2;;;+4/p-2. The molecule has 0 N–H and O–H groups in total. The number of aromatic nitrogens is 2. The van der Waals surface area contributed by atoms with Gasteiger partial charge in [-0.05, 0) is 0 Å². The second-order valence-electron chi connectivity index (χ2n) is 12.5. The van der Waals surface area contributed by atoms with Crippen molar-refractivity contribution in [3.05, 3.63) is 78.0 Å². The van der Waals surface area contributed by atoms with E-state index in [-0.39, 0.29) is 12.4 Å². The number of esters is 1. The van der Waals surface area contributed by atoms with Crippen LogP contribution >= 0.6 is 17.8 Å². The van der Waals surface area contributed by atoms with E-state index in [1.165, 1.54) is 33.4 Å². The summed E-state index contributed by atoms with van der Waals surface area (Å²) >= 11 is -4.71. The number of allylic oxidation sites excluding steroid dienone is 5. The number of hydrogen-bond acceptors (Lipinski definition) is 4. The van der Waals surface area contributed by atoms with Crippen molar-refractivity contribution in [3.63, 3.8) is 0 Å². The Morgan fingerprint density at radius 1 is 0.761 bits per heavy atom. The Hall–Kier alpha value is -2.55. The fourth-order valence-electron chi connectivity index (χ4n) is 7.89. The summed E-state index contributed by atoms with van der Waals surface area (Å²) < 4.78 is 10.0. The summed E-state index contributed by atoms with van der Waals surface area (Å²) in [5.74, 6) is -0.219. The Morgan fingerprint density at radius 3 is 2.07 bits per heavy atom. The minimum atomic E-state index is -4.71. The van der Waals surface area contributed by atoms with Crippen LogP contribution in [0.5, 0.6) is 0 Å². The number of carbonyl (C=O) groups is 1. The molecule has 0 aliphatic carbocycles. The van der Waals surface area contributed by atoms with Crippen molar-refractivity contribution in [1.29, 1.82) is 0 Å². The fraction of sp³-hybridized carbons (Fsp3) is 0.432. The summed E-state index contributed by atoms with van der Waals surface area (Å²) in [6.45, 7) is 19.7. The van der Waals surface area contributed by atoms with Crippen molar-refractivity contribution in [2.24, 2.45) is 9.98 Å². The quantitative estimate of drug-likeness (QED) is 0.205. The number of ether oxygens (including phenoxy) is 1. The van der Waals surface area contributed by atoms with Crippen LogP contribution in [-0.2, 0) is 22.4 Å². The van der Waals surface area contributed by atoms with Gasteiger partial charge < -0.3 is 0 Å². The molecule has 242 valence electrons. The van der Waals surface area contributed by atoms with Crippen LogP contribution < -0.4 is 10.7 Å². The van der Waals surface area contributed by atoms with Crippen molar-refractivity contribution in [2.75, 3.05) is 6.61 Å². The molecule has 6 rings (SSSR count). The molecule has 2 aromatic heterocycles. The average Bonchev–Trinajstić information content (AvgIpc) is 3.67. The van der Waals surface area contributed by atoms with Crippen LogP contribution in [0.2, 0.25) is 0 Å². The predicted molar refractivity (Wildman–Crippen MR) is 195 cm³/mol. The van der Waals surface area contributed by atoms with Crippen molar-refractivity contribution in [1.82, 2.24) is 5.58 Å². The van der Waals surface area contributed by atoms with Crippen LogP contribution in [0.15, 0.2) is 43.7 Å². The van der Waals surface area contributed by atoms with Crippen molar-refractivity contribution in [2.45, 2.75) is 101 Å². The van der Waals surface area contributed by atoms with Crippen LogP contribution in [0.1, 0.15) is 108 Å². The monoisotopic (exact) mass is 766 g/mol.